The summed E-state index contributed by atoms with van der Waals surface area (Å²) in [6, 6.07) is 32.8. The molecule has 0 spiro atoms. The maximum Gasteiger partial charge on any atom is 0.193 e. The van der Waals surface area contributed by atoms with E-state index in [2.05, 4.69) is 0 Å². The SMILES string of the molecule is O=c1cc(-c2ccc(OCCCCCCOc3ccc(-c4cc(=O)c5ccccc5o4)cc3)cc2)oc2ccccc12. The van der Waals surface area contributed by atoms with Crippen LogP contribution in [0.2, 0.25) is 0 Å². The Labute approximate surface area is 242 Å². The van der Waals surface area contributed by atoms with Crippen LogP contribution in [-0.4, -0.2) is 13.2 Å². The van der Waals surface area contributed by atoms with Gasteiger partial charge in [-0.25, -0.2) is 0 Å². The van der Waals surface area contributed by atoms with Gasteiger partial charge >= 0.3 is 0 Å². The third-order valence-corrected chi connectivity index (χ3v) is 7.12. The highest BCUT2D eigenvalue weighted by Crippen LogP contribution is 2.26. The summed E-state index contributed by atoms with van der Waals surface area (Å²) in [5.74, 6) is 2.66. The molecule has 6 nitrogen and oxygen atoms in total. The van der Waals surface area contributed by atoms with Gasteiger partial charge in [0.15, 0.2) is 10.9 Å². The Morgan fingerprint density at radius 2 is 0.881 bits per heavy atom. The fourth-order valence-corrected chi connectivity index (χ4v) is 4.86. The first-order valence-electron chi connectivity index (χ1n) is 14.2. The maximum atomic E-state index is 12.4. The molecule has 4 aromatic carbocycles. The van der Waals surface area contributed by atoms with Gasteiger partial charge in [0.2, 0.25) is 0 Å². The molecule has 0 saturated heterocycles. The summed E-state index contributed by atoms with van der Waals surface area (Å²) in [7, 11) is 0. The molecule has 210 valence electrons. The third-order valence-electron chi connectivity index (χ3n) is 7.12. The van der Waals surface area contributed by atoms with E-state index < -0.39 is 0 Å². The number of fused-ring (bicyclic) bond motifs is 2. The topological polar surface area (TPSA) is 78.9 Å². The molecule has 0 aliphatic heterocycles. The Bertz CT molecular complexity index is 1770. The quantitative estimate of drug-likeness (QED) is 0.149. The molecule has 6 heteroatoms. The molecule has 2 aromatic heterocycles. The van der Waals surface area contributed by atoms with E-state index in [0.717, 1.165) is 48.3 Å². The molecule has 2 heterocycles. The van der Waals surface area contributed by atoms with E-state index in [-0.39, 0.29) is 10.9 Å². The van der Waals surface area contributed by atoms with E-state index in [9.17, 15) is 9.59 Å². The van der Waals surface area contributed by atoms with Crippen molar-refractivity contribution in [3.05, 3.63) is 130 Å². The lowest BCUT2D eigenvalue weighted by Gasteiger charge is -2.09. The van der Waals surface area contributed by atoms with Crippen molar-refractivity contribution < 1.29 is 18.3 Å². The predicted octanol–water partition coefficient (Wildman–Crippen LogP) is 8.25. The van der Waals surface area contributed by atoms with Crippen molar-refractivity contribution >= 4 is 21.9 Å². The third kappa shape index (κ3) is 6.28. The van der Waals surface area contributed by atoms with Gasteiger partial charge in [0, 0.05) is 23.3 Å². The van der Waals surface area contributed by atoms with Crippen LogP contribution in [-0.2, 0) is 0 Å². The van der Waals surface area contributed by atoms with Crippen molar-refractivity contribution in [3.8, 4) is 34.1 Å². The molecule has 0 radical (unpaired) electrons. The fraction of sp³-hybridized carbons (Fsp3) is 0.167. The summed E-state index contributed by atoms with van der Waals surface area (Å²) >= 11 is 0. The Morgan fingerprint density at radius 1 is 0.476 bits per heavy atom. The zero-order valence-electron chi connectivity index (χ0n) is 23.1. The predicted molar refractivity (Wildman–Crippen MR) is 165 cm³/mol. The minimum Gasteiger partial charge on any atom is -0.494 e. The first-order chi connectivity index (χ1) is 20.6. The van der Waals surface area contributed by atoms with Gasteiger partial charge in [-0.15, -0.1) is 0 Å². The van der Waals surface area contributed by atoms with Crippen molar-refractivity contribution in [2.75, 3.05) is 13.2 Å². The molecule has 0 saturated carbocycles. The van der Waals surface area contributed by atoms with Crippen LogP contribution >= 0.6 is 0 Å². The molecule has 0 amide bonds. The summed E-state index contributed by atoms with van der Waals surface area (Å²) in [6.45, 7) is 1.27. The highest BCUT2D eigenvalue weighted by molar-refractivity contribution is 5.79. The fourth-order valence-electron chi connectivity index (χ4n) is 4.86. The summed E-state index contributed by atoms with van der Waals surface area (Å²) in [5, 5.41) is 1.16. The van der Waals surface area contributed by atoms with E-state index >= 15 is 0 Å². The van der Waals surface area contributed by atoms with Crippen molar-refractivity contribution in [2.24, 2.45) is 0 Å². The smallest absolute Gasteiger partial charge is 0.193 e. The Balaban J connectivity index is 0.905. The van der Waals surface area contributed by atoms with Gasteiger partial charge in [-0.1, -0.05) is 24.3 Å². The molecule has 0 unspecified atom stereocenters. The molecule has 0 fully saturated rings. The van der Waals surface area contributed by atoms with Crippen LogP contribution in [0.4, 0.5) is 0 Å². The van der Waals surface area contributed by atoms with Crippen LogP contribution in [0.25, 0.3) is 44.6 Å². The first kappa shape index (κ1) is 27.1. The van der Waals surface area contributed by atoms with E-state index in [1.807, 2.05) is 72.8 Å². The van der Waals surface area contributed by atoms with E-state index in [0.29, 0.717) is 46.7 Å². The lowest BCUT2D eigenvalue weighted by Crippen LogP contribution is -2.01. The lowest BCUT2D eigenvalue weighted by atomic mass is 10.1. The van der Waals surface area contributed by atoms with Gasteiger partial charge in [0.05, 0.1) is 24.0 Å². The monoisotopic (exact) mass is 558 g/mol. The van der Waals surface area contributed by atoms with Gasteiger partial charge in [0.25, 0.3) is 0 Å². The first-order valence-corrected chi connectivity index (χ1v) is 14.2. The minimum atomic E-state index is -0.0522. The van der Waals surface area contributed by atoms with Crippen molar-refractivity contribution in [1.82, 2.24) is 0 Å². The number of para-hydroxylation sites is 2. The minimum absolute atomic E-state index is 0.0522. The number of hydrogen-bond donors (Lipinski definition) is 0. The number of unbranched alkanes of at least 4 members (excludes halogenated alkanes) is 3. The maximum absolute atomic E-state index is 12.4. The summed E-state index contributed by atoms with van der Waals surface area (Å²) in [4.78, 5) is 24.8. The standard InChI is InChI=1S/C36H30O6/c37-31-23-35(41-33-11-5-3-9-29(31)33)25-13-17-27(18-14-25)39-21-7-1-2-8-22-40-28-19-15-26(16-20-28)36-24-32(38)30-10-4-6-12-34(30)42-36/h3-6,9-20,23-24H,1-2,7-8,21-22H2. The second-order valence-electron chi connectivity index (χ2n) is 10.1. The lowest BCUT2D eigenvalue weighted by molar-refractivity contribution is 0.287. The molecule has 6 rings (SSSR count). The van der Waals surface area contributed by atoms with Crippen LogP contribution < -0.4 is 20.3 Å². The van der Waals surface area contributed by atoms with Gasteiger partial charge in [-0.3, -0.25) is 9.59 Å². The van der Waals surface area contributed by atoms with Crippen LogP contribution in [0, 0.1) is 0 Å². The highest BCUT2D eigenvalue weighted by atomic mass is 16.5. The second-order valence-corrected chi connectivity index (χ2v) is 10.1. The number of benzene rings is 4. The molecule has 6 aromatic rings. The normalized spacial score (nSPS) is 11.1. The van der Waals surface area contributed by atoms with Gasteiger partial charge < -0.3 is 18.3 Å². The average Bonchev–Trinajstić information content (AvgIpc) is 3.03. The largest absolute Gasteiger partial charge is 0.494 e. The van der Waals surface area contributed by atoms with Crippen LogP contribution in [0.5, 0.6) is 11.5 Å². The molecular formula is C36H30O6. The van der Waals surface area contributed by atoms with Gasteiger partial charge in [-0.2, -0.15) is 0 Å². The second kappa shape index (κ2) is 12.6. The van der Waals surface area contributed by atoms with Crippen molar-refractivity contribution in [2.45, 2.75) is 25.7 Å². The average molecular weight is 559 g/mol. The Kier molecular flexibility index (Phi) is 8.13. The van der Waals surface area contributed by atoms with Gasteiger partial charge in [0.1, 0.15) is 34.2 Å². The number of ether oxygens (including phenoxy) is 2. The zero-order valence-corrected chi connectivity index (χ0v) is 23.1. The molecule has 42 heavy (non-hydrogen) atoms. The van der Waals surface area contributed by atoms with E-state index in [1.54, 1.807) is 24.3 Å². The molecular weight excluding hydrogens is 528 g/mol. The van der Waals surface area contributed by atoms with Crippen molar-refractivity contribution in [1.29, 1.82) is 0 Å². The van der Waals surface area contributed by atoms with E-state index in [4.69, 9.17) is 18.3 Å². The zero-order chi connectivity index (χ0) is 28.7. The van der Waals surface area contributed by atoms with E-state index in [1.165, 1.54) is 12.1 Å². The Hall–Kier alpha value is -5.10. The summed E-state index contributed by atoms with van der Waals surface area (Å²) in [6.07, 6.45) is 3.99. The van der Waals surface area contributed by atoms with Crippen LogP contribution in [0.15, 0.2) is 128 Å². The summed E-state index contributed by atoms with van der Waals surface area (Å²) < 4.78 is 23.6. The van der Waals surface area contributed by atoms with Crippen LogP contribution in [0.3, 0.4) is 0 Å². The molecule has 0 bridgehead atoms. The van der Waals surface area contributed by atoms with Crippen LogP contribution in [0.1, 0.15) is 25.7 Å². The summed E-state index contributed by atoms with van der Waals surface area (Å²) in [5.41, 5.74) is 2.72. The van der Waals surface area contributed by atoms with Gasteiger partial charge in [-0.05, 0) is 98.5 Å². The molecule has 0 aliphatic carbocycles. The number of hydrogen-bond acceptors (Lipinski definition) is 6. The highest BCUT2D eigenvalue weighted by Gasteiger charge is 2.08. The molecule has 0 aliphatic rings. The molecule has 0 N–H and O–H groups in total. The number of rotatable bonds is 11. The Morgan fingerprint density at radius 3 is 1.31 bits per heavy atom. The van der Waals surface area contributed by atoms with Crippen molar-refractivity contribution in [3.63, 3.8) is 0 Å². The molecule has 0 atom stereocenters.